The number of hydrogen-bond acceptors (Lipinski definition) is 3. The average molecular weight is 286 g/mol. The van der Waals surface area contributed by atoms with E-state index in [1.54, 1.807) is 6.20 Å². The number of fused-ring (bicyclic) bond motifs is 1. The van der Waals surface area contributed by atoms with Gasteiger partial charge >= 0.3 is 0 Å². The number of hydrogen-bond donors (Lipinski definition) is 2. The highest BCUT2D eigenvalue weighted by Crippen LogP contribution is 2.20. The van der Waals surface area contributed by atoms with Gasteiger partial charge in [0.2, 0.25) is 5.91 Å². The summed E-state index contributed by atoms with van der Waals surface area (Å²) in [5.74, 6) is 1.28. The van der Waals surface area contributed by atoms with E-state index in [4.69, 9.17) is 4.84 Å². The summed E-state index contributed by atoms with van der Waals surface area (Å²) in [6, 6.07) is 7.86. The molecule has 3 rings (SSSR count). The molecule has 0 aromatic heterocycles. The van der Waals surface area contributed by atoms with E-state index >= 15 is 0 Å². The number of carbonyl (C=O) groups is 1. The third kappa shape index (κ3) is 4.67. The molecule has 1 fully saturated rings. The van der Waals surface area contributed by atoms with Gasteiger partial charge in [-0.1, -0.05) is 30.7 Å². The van der Waals surface area contributed by atoms with E-state index in [1.807, 2.05) is 36.4 Å². The Bertz CT molecular complexity index is 511. The van der Waals surface area contributed by atoms with E-state index in [-0.39, 0.29) is 11.8 Å². The summed E-state index contributed by atoms with van der Waals surface area (Å²) in [6.45, 7) is 4.49. The van der Waals surface area contributed by atoms with Gasteiger partial charge in [-0.2, -0.15) is 0 Å². The van der Waals surface area contributed by atoms with Crippen molar-refractivity contribution in [2.45, 2.75) is 25.7 Å². The molecule has 2 aliphatic heterocycles. The second kappa shape index (κ2) is 8.15. The molecule has 1 amide bonds. The van der Waals surface area contributed by atoms with E-state index in [2.05, 4.69) is 17.4 Å². The van der Waals surface area contributed by atoms with Gasteiger partial charge in [-0.15, -0.1) is 6.58 Å². The van der Waals surface area contributed by atoms with Crippen LogP contribution in [0.3, 0.4) is 0 Å². The maximum atomic E-state index is 11.2. The Morgan fingerprint density at radius 1 is 1.33 bits per heavy atom. The lowest BCUT2D eigenvalue weighted by molar-refractivity contribution is -0.124. The number of hydroxylamine groups is 1. The summed E-state index contributed by atoms with van der Waals surface area (Å²) < 4.78 is 0. The molecule has 2 heterocycles. The lowest BCUT2D eigenvalue weighted by Crippen LogP contribution is -2.28. The lowest BCUT2D eigenvalue weighted by atomic mass is 9.99. The van der Waals surface area contributed by atoms with Gasteiger partial charge in [0.05, 0.1) is 0 Å². The van der Waals surface area contributed by atoms with Crippen LogP contribution < -0.4 is 15.6 Å². The first-order valence-corrected chi connectivity index (χ1v) is 7.38. The number of benzene rings is 1. The Hall–Kier alpha value is -2.23. The minimum absolute atomic E-state index is 0.190. The van der Waals surface area contributed by atoms with E-state index in [9.17, 15) is 4.79 Å². The van der Waals surface area contributed by atoms with Gasteiger partial charge in [0, 0.05) is 24.2 Å². The minimum Gasteiger partial charge on any atom is -0.382 e. The zero-order valence-electron chi connectivity index (χ0n) is 12.2. The monoisotopic (exact) mass is 286 g/mol. The first-order valence-electron chi connectivity index (χ1n) is 7.38. The number of rotatable bonds is 2. The predicted octanol–water partition coefficient (Wildman–Crippen LogP) is 3.03. The van der Waals surface area contributed by atoms with Crippen LogP contribution in [0.5, 0.6) is 5.75 Å². The van der Waals surface area contributed by atoms with Crippen molar-refractivity contribution in [3.8, 4) is 5.75 Å². The molecule has 4 heteroatoms. The highest BCUT2D eigenvalue weighted by atomic mass is 16.6. The van der Waals surface area contributed by atoms with E-state index in [1.165, 1.54) is 0 Å². The zero-order valence-corrected chi connectivity index (χ0v) is 12.2. The highest BCUT2D eigenvalue weighted by Gasteiger charge is 2.18. The first-order chi connectivity index (χ1) is 10.3. The third-order valence-electron chi connectivity index (χ3n) is 3.52. The van der Waals surface area contributed by atoms with Crippen LogP contribution in [0.15, 0.2) is 43.1 Å². The summed E-state index contributed by atoms with van der Waals surface area (Å²) in [5, 5.41) is 2.89. The van der Waals surface area contributed by atoms with Crippen LogP contribution in [-0.2, 0) is 4.79 Å². The summed E-state index contributed by atoms with van der Waals surface area (Å²) in [4.78, 5) is 16.3. The van der Waals surface area contributed by atoms with Crippen LogP contribution >= 0.6 is 0 Å². The molecule has 21 heavy (non-hydrogen) atoms. The van der Waals surface area contributed by atoms with Crippen molar-refractivity contribution in [1.29, 1.82) is 0 Å². The van der Waals surface area contributed by atoms with Crippen molar-refractivity contribution in [2.75, 3.05) is 6.54 Å². The number of amides is 1. The van der Waals surface area contributed by atoms with Crippen LogP contribution in [-0.4, -0.2) is 12.5 Å². The van der Waals surface area contributed by atoms with Crippen LogP contribution in [0.25, 0.3) is 6.08 Å². The SMILES string of the molecule is C1=Cc2ccccc2ON1.C=CCC1CCCCNC1=O. The van der Waals surface area contributed by atoms with Crippen molar-refractivity contribution >= 4 is 12.0 Å². The smallest absolute Gasteiger partial charge is 0.223 e. The Morgan fingerprint density at radius 3 is 3.00 bits per heavy atom. The summed E-state index contributed by atoms with van der Waals surface area (Å²) in [6.07, 6.45) is 9.71. The molecule has 112 valence electrons. The van der Waals surface area contributed by atoms with Crippen LogP contribution in [0.1, 0.15) is 31.2 Å². The van der Waals surface area contributed by atoms with Crippen molar-refractivity contribution in [3.05, 3.63) is 48.7 Å². The van der Waals surface area contributed by atoms with Crippen LogP contribution in [0, 0.1) is 5.92 Å². The fourth-order valence-corrected chi connectivity index (χ4v) is 2.36. The van der Waals surface area contributed by atoms with Gasteiger partial charge in [-0.3, -0.25) is 4.79 Å². The molecule has 4 nitrogen and oxygen atoms in total. The highest BCUT2D eigenvalue weighted by molar-refractivity contribution is 5.78. The maximum absolute atomic E-state index is 11.2. The number of allylic oxidation sites excluding steroid dienone is 1. The number of para-hydroxylation sites is 1. The average Bonchev–Trinajstić information content (AvgIpc) is 2.74. The van der Waals surface area contributed by atoms with Crippen molar-refractivity contribution in [1.82, 2.24) is 10.8 Å². The molecule has 0 spiro atoms. The third-order valence-corrected chi connectivity index (χ3v) is 3.52. The van der Waals surface area contributed by atoms with Gasteiger partial charge < -0.3 is 10.2 Å². The molecule has 1 aromatic carbocycles. The molecule has 1 unspecified atom stereocenters. The molecule has 0 aliphatic carbocycles. The summed E-state index contributed by atoms with van der Waals surface area (Å²) in [7, 11) is 0. The number of carbonyl (C=O) groups excluding carboxylic acids is 1. The normalized spacial score (nSPS) is 19.6. The zero-order chi connectivity index (χ0) is 14.9. The van der Waals surface area contributed by atoms with Gasteiger partial charge in [0.15, 0.2) is 5.75 Å². The molecule has 0 radical (unpaired) electrons. The molecule has 0 bridgehead atoms. The van der Waals surface area contributed by atoms with Crippen LogP contribution in [0.4, 0.5) is 0 Å². The van der Waals surface area contributed by atoms with Crippen molar-refractivity contribution < 1.29 is 9.63 Å². The summed E-state index contributed by atoms with van der Waals surface area (Å²) in [5.41, 5.74) is 3.77. The molecule has 1 aromatic rings. The molecular formula is C17H22N2O2. The molecular weight excluding hydrogens is 264 g/mol. The number of nitrogens with one attached hydrogen (secondary N) is 2. The fourth-order valence-electron chi connectivity index (χ4n) is 2.36. The minimum atomic E-state index is 0.190. The van der Waals surface area contributed by atoms with E-state index in [0.717, 1.165) is 43.5 Å². The standard InChI is InChI=1S/C9H15NO.C8H7NO/c1-2-5-8-6-3-4-7-10-9(8)11;1-2-4-8-7(3-1)5-6-9-10-8/h2,8H,1,3-7H2,(H,10,11);1-6,9H. The van der Waals surface area contributed by atoms with Gasteiger partial charge in [-0.05, 0) is 31.4 Å². The Kier molecular flexibility index (Phi) is 5.88. The second-order valence-electron chi connectivity index (χ2n) is 5.10. The second-order valence-corrected chi connectivity index (χ2v) is 5.10. The Morgan fingerprint density at radius 2 is 2.19 bits per heavy atom. The molecule has 0 saturated carbocycles. The quantitative estimate of drug-likeness (QED) is 0.822. The summed E-state index contributed by atoms with van der Waals surface area (Å²) >= 11 is 0. The maximum Gasteiger partial charge on any atom is 0.223 e. The molecule has 2 N–H and O–H groups in total. The van der Waals surface area contributed by atoms with E-state index < -0.39 is 0 Å². The first kappa shape index (κ1) is 15.2. The largest absolute Gasteiger partial charge is 0.382 e. The Labute approximate surface area is 125 Å². The predicted molar refractivity (Wildman–Crippen MR) is 84.4 cm³/mol. The van der Waals surface area contributed by atoms with Gasteiger partial charge in [0.1, 0.15) is 0 Å². The fraction of sp³-hybridized carbons (Fsp3) is 0.353. The topological polar surface area (TPSA) is 50.4 Å². The Balaban J connectivity index is 0.000000154. The van der Waals surface area contributed by atoms with Crippen molar-refractivity contribution in [2.24, 2.45) is 5.92 Å². The molecule has 1 atom stereocenters. The van der Waals surface area contributed by atoms with Crippen LogP contribution in [0.2, 0.25) is 0 Å². The van der Waals surface area contributed by atoms with Gasteiger partial charge in [0.25, 0.3) is 0 Å². The van der Waals surface area contributed by atoms with E-state index in [0.29, 0.717) is 0 Å². The molecule has 2 aliphatic rings. The molecule has 1 saturated heterocycles. The lowest BCUT2D eigenvalue weighted by Gasteiger charge is -2.11. The van der Waals surface area contributed by atoms with Crippen molar-refractivity contribution in [3.63, 3.8) is 0 Å². The van der Waals surface area contributed by atoms with Gasteiger partial charge in [-0.25, -0.2) is 5.48 Å².